The van der Waals surface area contributed by atoms with E-state index < -0.39 is 91.0 Å². The van der Waals surface area contributed by atoms with Crippen LogP contribution in [0.4, 0.5) is 0 Å². The van der Waals surface area contributed by atoms with Crippen LogP contribution in [0.2, 0.25) is 0 Å². The SMILES string of the molecule is CNC(=O)[C@H](CCCCN)NC(=O)[C@@H](CCCCN)NC(=O)[C@@H](CCCCN)NC(=O)CC[C@H](NC(=O)CNC(=O)CNC(=O)CSC(C)=O)C(=O)O. The van der Waals surface area contributed by atoms with Gasteiger partial charge in [-0.15, -0.1) is 0 Å². The standard InChI is InChI=1S/C32H58N10O10S/c1-20(43)53-19-28(47)38-17-26(45)37-18-27(46)40-24(32(51)52)12-13-25(44)39-22(10-4-7-15-34)30(49)42-23(11-5-8-16-35)31(50)41-21(29(48)36-2)9-3-6-14-33/h21-24H,3-19,33-35H2,1-2H3,(H,36,48)(H,37,45)(H,38,47)(H,39,44)(H,40,46)(H,41,50)(H,42,49)(H,51,52)/t21-,22+,23+,24-/m0/s1. The van der Waals surface area contributed by atoms with E-state index in [1.165, 1.54) is 14.0 Å². The lowest BCUT2D eigenvalue weighted by Crippen LogP contribution is -2.56. The molecule has 0 bridgehead atoms. The van der Waals surface area contributed by atoms with Crippen LogP contribution >= 0.6 is 11.8 Å². The molecule has 20 nitrogen and oxygen atoms in total. The number of aliphatic carboxylic acids is 1. The molecule has 4 atom stereocenters. The number of likely N-dealkylation sites (N-methyl/N-ethyl adjacent to an activating group) is 1. The Labute approximate surface area is 313 Å². The number of carboxylic acids is 1. The van der Waals surface area contributed by atoms with Crippen LogP contribution in [0.25, 0.3) is 0 Å². The van der Waals surface area contributed by atoms with E-state index in [0.717, 1.165) is 11.8 Å². The summed E-state index contributed by atoms with van der Waals surface area (Å²) in [4.78, 5) is 111. The van der Waals surface area contributed by atoms with Crippen LogP contribution in [0.15, 0.2) is 0 Å². The van der Waals surface area contributed by atoms with Crippen molar-refractivity contribution in [1.29, 1.82) is 0 Å². The van der Waals surface area contributed by atoms with Crippen molar-refractivity contribution in [2.24, 2.45) is 17.2 Å². The molecule has 14 N–H and O–H groups in total. The molecule has 0 heterocycles. The molecule has 53 heavy (non-hydrogen) atoms. The van der Waals surface area contributed by atoms with Gasteiger partial charge in [0.25, 0.3) is 0 Å². The van der Waals surface area contributed by atoms with Crippen molar-refractivity contribution < 1.29 is 48.3 Å². The number of amides is 7. The molecule has 0 saturated heterocycles. The quantitative estimate of drug-likeness (QED) is 0.0328. The minimum Gasteiger partial charge on any atom is -0.480 e. The second-order valence-electron chi connectivity index (χ2n) is 12.0. The van der Waals surface area contributed by atoms with E-state index in [4.69, 9.17) is 17.2 Å². The van der Waals surface area contributed by atoms with Gasteiger partial charge in [-0.2, -0.15) is 0 Å². The number of carboxylic acid groups (broad SMARTS) is 1. The van der Waals surface area contributed by atoms with Crippen molar-refractivity contribution in [3.05, 3.63) is 0 Å². The van der Waals surface area contributed by atoms with Gasteiger partial charge in [0.2, 0.25) is 41.4 Å². The summed E-state index contributed by atoms with van der Waals surface area (Å²) in [5, 5.41) is 26.5. The van der Waals surface area contributed by atoms with E-state index in [1.807, 2.05) is 0 Å². The molecule has 0 aliphatic carbocycles. The third-order valence-corrected chi connectivity index (χ3v) is 8.41. The Morgan fingerprint density at radius 2 is 0.981 bits per heavy atom. The third-order valence-electron chi connectivity index (χ3n) is 7.60. The number of carbonyl (C=O) groups excluding carboxylic acids is 8. The van der Waals surface area contributed by atoms with Gasteiger partial charge in [-0.3, -0.25) is 38.4 Å². The van der Waals surface area contributed by atoms with Crippen molar-refractivity contribution in [2.45, 2.75) is 102 Å². The molecule has 0 saturated carbocycles. The van der Waals surface area contributed by atoms with Crippen LogP contribution in [-0.4, -0.2) is 127 Å². The molecule has 302 valence electrons. The normalized spacial score (nSPS) is 12.9. The fourth-order valence-corrected chi connectivity index (χ4v) is 5.12. The van der Waals surface area contributed by atoms with Gasteiger partial charge in [0.15, 0.2) is 5.12 Å². The molecule has 0 aromatic carbocycles. The Balaban J connectivity index is 5.44. The first-order valence-corrected chi connectivity index (χ1v) is 18.6. The van der Waals surface area contributed by atoms with E-state index in [0.29, 0.717) is 64.6 Å². The fourth-order valence-electron chi connectivity index (χ4n) is 4.69. The topological polar surface area (TPSA) is 336 Å². The van der Waals surface area contributed by atoms with Gasteiger partial charge in [0, 0.05) is 20.4 Å². The zero-order chi connectivity index (χ0) is 40.2. The van der Waals surface area contributed by atoms with Gasteiger partial charge in [-0.25, -0.2) is 4.79 Å². The summed E-state index contributed by atoms with van der Waals surface area (Å²) in [6, 6.07) is -4.55. The van der Waals surface area contributed by atoms with E-state index in [2.05, 4.69) is 37.2 Å². The largest absolute Gasteiger partial charge is 0.480 e. The molecule has 7 amide bonds. The zero-order valence-corrected chi connectivity index (χ0v) is 31.4. The Hall–Kier alpha value is -4.34. The maximum Gasteiger partial charge on any atom is 0.326 e. The molecule has 21 heteroatoms. The monoisotopic (exact) mass is 774 g/mol. The number of unbranched alkanes of at least 4 members (excludes halogenated alkanes) is 3. The molecule has 0 fully saturated rings. The van der Waals surface area contributed by atoms with E-state index in [1.54, 1.807) is 0 Å². The predicted octanol–water partition coefficient (Wildman–Crippen LogP) is -3.56. The van der Waals surface area contributed by atoms with Gasteiger partial charge in [-0.1, -0.05) is 11.8 Å². The number of rotatable bonds is 29. The van der Waals surface area contributed by atoms with E-state index >= 15 is 0 Å². The highest BCUT2D eigenvalue weighted by molar-refractivity contribution is 8.14. The molecule has 0 aromatic rings. The summed E-state index contributed by atoms with van der Waals surface area (Å²) in [5.74, 6) is -6.17. The maximum atomic E-state index is 13.5. The van der Waals surface area contributed by atoms with Gasteiger partial charge in [0.1, 0.15) is 24.2 Å². The van der Waals surface area contributed by atoms with Gasteiger partial charge < -0.3 is 59.5 Å². The lowest BCUT2D eigenvalue weighted by Gasteiger charge is -2.25. The van der Waals surface area contributed by atoms with Crippen molar-refractivity contribution in [1.82, 2.24) is 37.2 Å². The molecule has 0 unspecified atom stereocenters. The van der Waals surface area contributed by atoms with Crippen molar-refractivity contribution >= 4 is 64.2 Å². The highest BCUT2D eigenvalue weighted by atomic mass is 32.2. The zero-order valence-electron chi connectivity index (χ0n) is 30.6. The first kappa shape index (κ1) is 48.7. The molecule has 0 spiro atoms. The van der Waals surface area contributed by atoms with E-state index in [-0.39, 0.29) is 30.1 Å². The highest BCUT2D eigenvalue weighted by Gasteiger charge is 2.30. The summed E-state index contributed by atoms with van der Waals surface area (Å²) in [7, 11) is 1.44. The van der Waals surface area contributed by atoms with Gasteiger partial charge >= 0.3 is 5.97 Å². The summed E-state index contributed by atoms with van der Waals surface area (Å²) in [6.45, 7) is 1.30. The molecular formula is C32H58N10O10S. The smallest absolute Gasteiger partial charge is 0.326 e. The number of hydrogen-bond donors (Lipinski definition) is 11. The molecule has 0 rings (SSSR count). The molecule has 0 aliphatic rings. The first-order valence-electron chi connectivity index (χ1n) is 17.6. The fraction of sp³-hybridized carbons (Fsp3) is 0.719. The molecule has 0 radical (unpaired) electrons. The Bertz CT molecular complexity index is 1230. The molecular weight excluding hydrogens is 716 g/mol. The third kappa shape index (κ3) is 23.8. The number of hydrogen-bond acceptors (Lipinski definition) is 13. The average molecular weight is 775 g/mol. The minimum absolute atomic E-state index is 0.153. The summed E-state index contributed by atoms with van der Waals surface area (Å²) < 4.78 is 0. The Morgan fingerprint density at radius 1 is 0.547 bits per heavy atom. The van der Waals surface area contributed by atoms with Crippen molar-refractivity contribution in [3.63, 3.8) is 0 Å². The molecule has 0 aliphatic heterocycles. The van der Waals surface area contributed by atoms with Gasteiger partial charge in [0.05, 0.1) is 18.8 Å². The van der Waals surface area contributed by atoms with Crippen molar-refractivity contribution in [2.75, 3.05) is 45.5 Å². The molecule has 0 aromatic heterocycles. The second kappa shape index (κ2) is 29.2. The van der Waals surface area contributed by atoms with Gasteiger partial charge in [-0.05, 0) is 83.8 Å². The van der Waals surface area contributed by atoms with Crippen LogP contribution < -0.4 is 54.4 Å². The summed E-state index contributed by atoms with van der Waals surface area (Å²) >= 11 is 0.758. The van der Waals surface area contributed by atoms with E-state index in [9.17, 15) is 48.3 Å². The number of nitrogens with one attached hydrogen (secondary N) is 7. The minimum atomic E-state index is -1.52. The number of nitrogens with two attached hydrogens (primary N) is 3. The highest BCUT2D eigenvalue weighted by Crippen LogP contribution is 2.09. The Morgan fingerprint density at radius 3 is 1.43 bits per heavy atom. The summed E-state index contributed by atoms with van der Waals surface area (Å²) in [6.07, 6.45) is 3.18. The van der Waals surface area contributed by atoms with Crippen LogP contribution in [-0.2, 0) is 43.2 Å². The number of thioether (sulfide) groups is 1. The van der Waals surface area contributed by atoms with Crippen LogP contribution in [0.1, 0.15) is 77.6 Å². The summed E-state index contributed by atoms with van der Waals surface area (Å²) in [5.41, 5.74) is 16.8. The Kier molecular flexibility index (Phi) is 26.8. The average Bonchev–Trinajstić information content (AvgIpc) is 3.12. The maximum absolute atomic E-state index is 13.5. The van der Waals surface area contributed by atoms with Crippen LogP contribution in [0.5, 0.6) is 0 Å². The predicted molar refractivity (Wildman–Crippen MR) is 197 cm³/mol. The van der Waals surface area contributed by atoms with Crippen molar-refractivity contribution in [3.8, 4) is 0 Å². The number of carbonyl (C=O) groups is 9. The van der Waals surface area contributed by atoms with Crippen LogP contribution in [0, 0.1) is 0 Å². The lowest BCUT2D eigenvalue weighted by molar-refractivity contribution is -0.142. The second-order valence-corrected chi connectivity index (χ2v) is 13.2. The van der Waals surface area contributed by atoms with Crippen LogP contribution in [0.3, 0.4) is 0 Å². The lowest BCUT2D eigenvalue weighted by atomic mass is 10.0. The first-order chi connectivity index (χ1) is 25.2.